The Bertz CT molecular complexity index is 696. The molecule has 22 heavy (non-hydrogen) atoms. The van der Waals surface area contributed by atoms with Crippen molar-refractivity contribution in [1.82, 2.24) is 0 Å². The Morgan fingerprint density at radius 3 is 2.59 bits per heavy atom. The molecular weight excluding hydrogens is 280 g/mol. The largest absolute Gasteiger partial charge is 0.466 e. The molecule has 0 bridgehead atoms. The molecular formula is C18H16O4. The van der Waals surface area contributed by atoms with Crippen molar-refractivity contribution in [2.75, 3.05) is 6.61 Å². The summed E-state index contributed by atoms with van der Waals surface area (Å²) in [6.45, 7) is 1.99. The van der Waals surface area contributed by atoms with Crippen LogP contribution >= 0.6 is 0 Å². The fourth-order valence-corrected chi connectivity index (χ4v) is 3.24. The number of allylic oxidation sites excluding steroid dienone is 4. The first-order valence-corrected chi connectivity index (χ1v) is 7.30. The molecule has 3 rings (SSSR count). The molecule has 0 fully saturated rings. The Morgan fingerprint density at radius 2 is 1.91 bits per heavy atom. The Hall–Kier alpha value is -2.49. The van der Waals surface area contributed by atoms with Crippen LogP contribution in [-0.4, -0.2) is 24.1 Å². The molecule has 4 nitrogen and oxygen atoms in total. The van der Waals surface area contributed by atoms with Gasteiger partial charge in [0.1, 0.15) is 0 Å². The van der Waals surface area contributed by atoms with E-state index in [0.29, 0.717) is 5.56 Å². The minimum atomic E-state index is -0.787. The number of benzene rings is 1. The van der Waals surface area contributed by atoms with Gasteiger partial charge in [0.15, 0.2) is 11.6 Å². The van der Waals surface area contributed by atoms with E-state index in [1.54, 1.807) is 31.2 Å². The van der Waals surface area contributed by atoms with Crippen molar-refractivity contribution in [1.29, 1.82) is 0 Å². The summed E-state index contributed by atoms with van der Waals surface area (Å²) in [7, 11) is 0. The van der Waals surface area contributed by atoms with Crippen LogP contribution in [-0.2, 0) is 19.7 Å². The van der Waals surface area contributed by atoms with Gasteiger partial charge in [-0.2, -0.15) is 0 Å². The summed E-state index contributed by atoms with van der Waals surface area (Å²) in [4.78, 5) is 36.3. The molecule has 1 unspecified atom stereocenters. The van der Waals surface area contributed by atoms with Gasteiger partial charge in [-0.25, -0.2) is 0 Å². The van der Waals surface area contributed by atoms with Gasteiger partial charge in [0.05, 0.1) is 12.5 Å². The van der Waals surface area contributed by atoms with Gasteiger partial charge >= 0.3 is 5.97 Å². The van der Waals surface area contributed by atoms with E-state index in [4.69, 9.17) is 4.74 Å². The second-order valence-corrected chi connectivity index (χ2v) is 5.48. The van der Waals surface area contributed by atoms with Crippen LogP contribution in [0.4, 0.5) is 0 Å². The Labute approximate surface area is 128 Å². The van der Waals surface area contributed by atoms with Crippen molar-refractivity contribution in [3.63, 3.8) is 0 Å². The summed E-state index contributed by atoms with van der Waals surface area (Å²) in [6.07, 6.45) is 6.45. The average Bonchev–Trinajstić information content (AvgIpc) is 2.53. The third-order valence-electron chi connectivity index (χ3n) is 4.28. The highest BCUT2D eigenvalue weighted by Crippen LogP contribution is 2.45. The van der Waals surface area contributed by atoms with Crippen LogP contribution in [0.1, 0.15) is 29.3 Å². The first-order valence-electron chi connectivity index (χ1n) is 7.30. The van der Waals surface area contributed by atoms with Crippen molar-refractivity contribution < 1.29 is 19.1 Å². The van der Waals surface area contributed by atoms with E-state index >= 15 is 0 Å². The molecule has 4 heteroatoms. The maximum absolute atomic E-state index is 12.4. The lowest BCUT2D eigenvalue weighted by Gasteiger charge is -2.40. The SMILES string of the molecule is CCOC(=O)C1CC(=O)c2ccccc2C12C=CC(=O)C=C2. The molecule has 1 atom stereocenters. The maximum atomic E-state index is 12.4. The molecule has 0 aromatic heterocycles. The first-order chi connectivity index (χ1) is 10.6. The number of hydrogen-bond acceptors (Lipinski definition) is 4. The number of Topliss-reactive ketones (excluding diaryl/α,β-unsaturated/α-hetero) is 1. The Morgan fingerprint density at radius 1 is 1.23 bits per heavy atom. The number of carbonyl (C=O) groups is 3. The third kappa shape index (κ3) is 2.11. The smallest absolute Gasteiger partial charge is 0.310 e. The van der Waals surface area contributed by atoms with Gasteiger partial charge in [-0.1, -0.05) is 36.4 Å². The molecule has 1 spiro atoms. The molecule has 1 aromatic carbocycles. The maximum Gasteiger partial charge on any atom is 0.310 e. The first kappa shape index (κ1) is 14.4. The zero-order valence-electron chi connectivity index (χ0n) is 12.2. The number of carbonyl (C=O) groups excluding carboxylic acids is 3. The highest BCUT2D eigenvalue weighted by Gasteiger charge is 2.48. The van der Waals surface area contributed by atoms with E-state index in [1.807, 2.05) is 12.1 Å². The van der Waals surface area contributed by atoms with Gasteiger partial charge in [-0.05, 0) is 24.6 Å². The Balaban J connectivity index is 2.19. The third-order valence-corrected chi connectivity index (χ3v) is 4.28. The van der Waals surface area contributed by atoms with Crippen LogP contribution in [0.25, 0.3) is 0 Å². The number of esters is 1. The van der Waals surface area contributed by atoms with E-state index in [1.165, 1.54) is 12.2 Å². The zero-order chi connectivity index (χ0) is 15.7. The predicted octanol–water partition coefficient (Wildman–Crippen LogP) is 2.39. The van der Waals surface area contributed by atoms with E-state index in [9.17, 15) is 14.4 Å². The summed E-state index contributed by atoms with van der Waals surface area (Å²) in [5.41, 5.74) is 0.570. The molecule has 1 aromatic rings. The molecule has 2 aliphatic carbocycles. The quantitative estimate of drug-likeness (QED) is 0.786. The number of ether oxygens (including phenoxy) is 1. The van der Waals surface area contributed by atoms with Gasteiger partial charge in [0.2, 0.25) is 0 Å². The molecule has 112 valence electrons. The molecule has 0 heterocycles. The molecule has 0 amide bonds. The minimum Gasteiger partial charge on any atom is -0.466 e. The van der Waals surface area contributed by atoms with Gasteiger partial charge in [-0.3, -0.25) is 14.4 Å². The normalized spacial score (nSPS) is 21.8. The van der Waals surface area contributed by atoms with Crippen molar-refractivity contribution in [3.05, 3.63) is 59.7 Å². The lowest BCUT2D eigenvalue weighted by atomic mass is 9.61. The van der Waals surface area contributed by atoms with E-state index in [0.717, 1.165) is 5.56 Å². The lowest BCUT2D eigenvalue weighted by Crippen LogP contribution is -2.44. The van der Waals surface area contributed by atoms with Crippen LogP contribution < -0.4 is 0 Å². The van der Waals surface area contributed by atoms with Gasteiger partial charge < -0.3 is 4.74 Å². The standard InChI is InChI=1S/C18H16O4/c1-2-22-17(21)15-11-16(20)13-5-3-4-6-14(13)18(15)9-7-12(19)8-10-18/h3-10,15H,2,11H2,1H3. The molecule has 0 saturated carbocycles. The summed E-state index contributed by atoms with van der Waals surface area (Å²) in [5.74, 6) is -1.25. The predicted molar refractivity (Wildman–Crippen MR) is 80.5 cm³/mol. The summed E-state index contributed by atoms with van der Waals surface area (Å²) in [6, 6.07) is 7.23. The molecule has 2 aliphatic rings. The van der Waals surface area contributed by atoms with Gasteiger partial charge in [0, 0.05) is 17.4 Å². The van der Waals surface area contributed by atoms with Crippen LogP contribution in [0.2, 0.25) is 0 Å². The van der Waals surface area contributed by atoms with Crippen molar-refractivity contribution in [2.45, 2.75) is 18.8 Å². The minimum absolute atomic E-state index is 0.0713. The second kappa shape index (κ2) is 5.37. The highest BCUT2D eigenvalue weighted by atomic mass is 16.5. The Kier molecular flexibility index (Phi) is 3.53. The topological polar surface area (TPSA) is 60.4 Å². The van der Waals surface area contributed by atoms with E-state index < -0.39 is 17.3 Å². The molecule has 0 aliphatic heterocycles. The number of ketones is 2. The van der Waals surface area contributed by atoms with Crippen LogP contribution in [0.5, 0.6) is 0 Å². The molecule has 0 N–H and O–H groups in total. The van der Waals surface area contributed by atoms with Gasteiger partial charge in [-0.15, -0.1) is 0 Å². The van der Waals surface area contributed by atoms with Crippen LogP contribution in [0, 0.1) is 5.92 Å². The zero-order valence-corrected chi connectivity index (χ0v) is 12.2. The summed E-state index contributed by atoms with van der Waals surface area (Å²) in [5, 5.41) is 0. The number of rotatable bonds is 2. The monoisotopic (exact) mass is 296 g/mol. The van der Waals surface area contributed by atoms with Crippen LogP contribution in [0.3, 0.4) is 0 Å². The molecule has 0 radical (unpaired) electrons. The fourth-order valence-electron chi connectivity index (χ4n) is 3.24. The molecule has 0 saturated heterocycles. The summed E-state index contributed by atoms with van der Waals surface area (Å²) >= 11 is 0. The van der Waals surface area contributed by atoms with Crippen LogP contribution in [0.15, 0.2) is 48.6 Å². The second-order valence-electron chi connectivity index (χ2n) is 5.48. The number of hydrogen-bond donors (Lipinski definition) is 0. The summed E-state index contributed by atoms with van der Waals surface area (Å²) < 4.78 is 5.16. The number of fused-ring (bicyclic) bond motifs is 2. The fraction of sp³-hybridized carbons (Fsp3) is 0.278. The van der Waals surface area contributed by atoms with E-state index in [-0.39, 0.29) is 24.6 Å². The highest BCUT2D eigenvalue weighted by molar-refractivity contribution is 6.05. The average molecular weight is 296 g/mol. The van der Waals surface area contributed by atoms with Gasteiger partial charge in [0.25, 0.3) is 0 Å². The van der Waals surface area contributed by atoms with E-state index in [2.05, 4.69) is 0 Å². The van der Waals surface area contributed by atoms with Crippen molar-refractivity contribution in [2.24, 2.45) is 5.92 Å². The van der Waals surface area contributed by atoms with Crippen molar-refractivity contribution >= 4 is 17.5 Å². The lowest BCUT2D eigenvalue weighted by molar-refractivity contribution is -0.149. The van der Waals surface area contributed by atoms with Crippen molar-refractivity contribution in [3.8, 4) is 0 Å².